The maximum absolute atomic E-state index is 12.3. The monoisotopic (exact) mass is 402 g/mol. The number of carbonyl (C=O) groups excluding carboxylic acids is 2. The lowest BCUT2D eigenvalue weighted by Crippen LogP contribution is -2.36. The molecule has 28 heavy (non-hydrogen) atoms. The average molecular weight is 402 g/mol. The number of nitrogens with one attached hydrogen (secondary N) is 1. The third-order valence-corrected chi connectivity index (χ3v) is 5.79. The van der Waals surface area contributed by atoms with E-state index < -0.39 is 17.0 Å². The third-order valence-electron chi connectivity index (χ3n) is 4.70. The standard InChI is InChI=1S/C20H22N2O5S/c1-13(19(23)21-10-9-14-5-3-2-4-6-14)27-20(24)18-12-15-11-16(22(25)26)7-8-17(15)28-18/h5,7-8,11-13H,2-4,6,9-10H2,1H3,(H,21,23)/t13-/m0/s1. The van der Waals surface area contributed by atoms with E-state index in [2.05, 4.69) is 11.4 Å². The van der Waals surface area contributed by atoms with E-state index >= 15 is 0 Å². The molecule has 1 aliphatic rings. The van der Waals surface area contributed by atoms with Gasteiger partial charge in [0.05, 0.1) is 4.92 Å². The van der Waals surface area contributed by atoms with Crippen LogP contribution in [0, 0.1) is 10.1 Å². The van der Waals surface area contributed by atoms with Crippen molar-refractivity contribution < 1.29 is 19.2 Å². The number of fused-ring (bicyclic) bond motifs is 1. The zero-order valence-electron chi connectivity index (χ0n) is 15.6. The Kier molecular flexibility index (Phi) is 6.41. The van der Waals surface area contributed by atoms with E-state index in [-0.39, 0.29) is 11.6 Å². The first-order valence-electron chi connectivity index (χ1n) is 9.28. The molecular weight excluding hydrogens is 380 g/mol. The van der Waals surface area contributed by atoms with Gasteiger partial charge in [-0.25, -0.2) is 4.79 Å². The Morgan fingerprint density at radius 1 is 1.32 bits per heavy atom. The molecule has 148 valence electrons. The van der Waals surface area contributed by atoms with Crippen LogP contribution in [0.5, 0.6) is 0 Å². The summed E-state index contributed by atoms with van der Waals surface area (Å²) < 4.78 is 6.00. The first-order valence-corrected chi connectivity index (χ1v) is 10.1. The van der Waals surface area contributed by atoms with Crippen LogP contribution in [-0.4, -0.2) is 29.4 Å². The normalized spacial score (nSPS) is 15.0. The van der Waals surface area contributed by atoms with E-state index in [0.29, 0.717) is 16.8 Å². The van der Waals surface area contributed by atoms with Crippen LogP contribution in [0.2, 0.25) is 0 Å². The molecule has 0 fully saturated rings. The molecule has 0 saturated heterocycles. The highest BCUT2D eigenvalue weighted by Crippen LogP contribution is 2.29. The smallest absolute Gasteiger partial charge is 0.349 e. The molecular formula is C20H22N2O5S. The van der Waals surface area contributed by atoms with Gasteiger partial charge in [0, 0.05) is 28.8 Å². The number of benzene rings is 1. The Balaban J connectivity index is 1.54. The van der Waals surface area contributed by atoms with E-state index in [1.807, 2.05) is 0 Å². The minimum absolute atomic E-state index is 0.0361. The number of non-ortho nitro benzene ring substituents is 1. The van der Waals surface area contributed by atoms with Crippen molar-refractivity contribution in [2.45, 2.75) is 45.1 Å². The predicted molar refractivity (Wildman–Crippen MR) is 108 cm³/mol. The number of rotatable bonds is 7. The molecule has 1 amide bonds. The van der Waals surface area contributed by atoms with Crippen molar-refractivity contribution >= 4 is 39.0 Å². The van der Waals surface area contributed by atoms with Gasteiger partial charge >= 0.3 is 5.97 Å². The summed E-state index contributed by atoms with van der Waals surface area (Å²) in [5.74, 6) is -0.942. The van der Waals surface area contributed by atoms with Gasteiger partial charge in [0.25, 0.3) is 11.6 Å². The van der Waals surface area contributed by atoms with Crippen molar-refractivity contribution in [3.63, 3.8) is 0 Å². The summed E-state index contributed by atoms with van der Waals surface area (Å²) in [5, 5.41) is 14.3. The number of ether oxygens (including phenoxy) is 1. The summed E-state index contributed by atoms with van der Waals surface area (Å²) in [6, 6.07) is 5.96. The van der Waals surface area contributed by atoms with Crippen LogP contribution >= 0.6 is 11.3 Å². The zero-order valence-corrected chi connectivity index (χ0v) is 16.4. The summed E-state index contributed by atoms with van der Waals surface area (Å²) in [5.41, 5.74) is 1.33. The average Bonchev–Trinajstić information content (AvgIpc) is 3.12. The van der Waals surface area contributed by atoms with E-state index in [9.17, 15) is 19.7 Å². The number of esters is 1. The summed E-state index contributed by atoms with van der Waals surface area (Å²) in [7, 11) is 0. The van der Waals surface area contributed by atoms with Gasteiger partial charge in [-0.1, -0.05) is 11.6 Å². The van der Waals surface area contributed by atoms with Crippen LogP contribution in [0.1, 0.15) is 48.7 Å². The van der Waals surface area contributed by atoms with Gasteiger partial charge < -0.3 is 10.1 Å². The Morgan fingerprint density at radius 3 is 2.86 bits per heavy atom. The molecule has 1 aromatic carbocycles. The van der Waals surface area contributed by atoms with Gasteiger partial charge in [0.1, 0.15) is 4.88 Å². The lowest BCUT2D eigenvalue weighted by molar-refractivity contribution is -0.384. The summed E-state index contributed by atoms with van der Waals surface area (Å²) in [6.45, 7) is 2.06. The minimum Gasteiger partial charge on any atom is -0.448 e. The van der Waals surface area contributed by atoms with E-state index in [0.717, 1.165) is 24.0 Å². The van der Waals surface area contributed by atoms with Crippen molar-refractivity contribution in [1.82, 2.24) is 5.32 Å². The fourth-order valence-electron chi connectivity index (χ4n) is 3.14. The van der Waals surface area contributed by atoms with Crippen LogP contribution in [0.3, 0.4) is 0 Å². The second kappa shape index (κ2) is 8.97. The van der Waals surface area contributed by atoms with E-state index in [4.69, 9.17) is 4.74 Å². The van der Waals surface area contributed by atoms with E-state index in [1.165, 1.54) is 48.8 Å². The number of amides is 1. The second-order valence-electron chi connectivity index (χ2n) is 6.79. The van der Waals surface area contributed by atoms with Crippen LogP contribution in [-0.2, 0) is 9.53 Å². The van der Waals surface area contributed by atoms with E-state index in [1.54, 1.807) is 12.1 Å². The Labute approximate surface area is 166 Å². The minimum atomic E-state index is -0.910. The van der Waals surface area contributed by atoms with Gasteiger partial charge in [-0.2, -0.15) is 0 Å². The van der Waals surface area contributed by atoms with Crippen molar-refractivity contribution in [2.24, 2.45) is 0 Å². The fraction of sp³-hybridized carbons (Fsp3) is 0.400. The van der Waals surface area contributed by atoms with Crippen LogP contribution in [0.15, 0.2) is 35.9 Å². The number of nitro benzene ring substituents is 1. The first kappa shape index (κ1) is 20.0. The van der Waals surface area contributed by atoms with Gasteiger partial charge in [0.2, 0.25) is 0 Å². The summed E-state index contributed by atoms with van der Waals surface area (Å²) in [4.78, 5) is 35.2. The van der Waals surface area contributed by atoms with Crippen molar-refractivity contribution in [3.8, 4) is 0 Å². The van der Waals surface area contributed by atoms with Crippen LogP contribution < -0.4 is 5.32 Å². The summed E-state index contributed by atoms with van der Waals surface area (Å²) in [6.07, 6.45) is 6.78. The maximum Gasteiger partial charge on any atom is 0.349 e. The van der Waals surface area contributed by atoms with Gasteiger partial charge in [0.15, 0.2) is 6.10 Å². The Bertz CT molecular complexity index is 934. The molecule has 0 aliphatic heterocycles. The highest BCUT2D eigenvalue weighted by Gasteiger charge is 2.21. The molecule has 8 heteroatoms. The molecule has 1 aliphatic carbocycles. The number of nitrogens with zero attached hydrogens (tertiary/aromatic N) is 1. The van der Waals surface area contributed by atoms with Crippen molar-refractivity contribution in [2.75, 3.05) is 6.54 Å². The highest BCUT2D eigenvalue weighted by atomic mass is 32.1. The molecule has 0 bridgehead atoms. The molecule has 7 nitrogen and oxygen atoms in total. The van der Waals surface area contributed by atoms with Gasteiger partial charge in [-0.3, -0.25) is 14.9 Å². The molecule has 0 radical (unpaired) electrons. The maximum atomic E-state index is 12.3. The first-order chi connectivity index (χ1) is 13.4. The number of nitro groups is 1. The molecule has 2 aromatic rings. The number of allylic oxidation sites excluding steroid dienone is 1. The van der Waals surface area contributed by atoms with Gasteiger partial charge in [-0.05, 0) is 51.2 Å². The molecule has 3 rings (SSSR count). The Hall–Kier alpha value is -2.74. The molecule has 0 saturated carbocycles. The number of hydrogen-bond acceptors (Lipinski definition) is 6. The predicted octanol–water partition coefficient (Wildman–Crippen LogP) is 4.36. The highest BCUT2D eigenvalue weighted by molar-refractivity contribution is 7.20. The second-order valence-corrected chi connectivity index (χ2v) is 7.87. The van der Waals surface area contributed by atoms with Crippen molar-refractivity contribution in [3.05, 3.63) is 50.9 Å². The summed E-state index contributed by atoms with van der Waals surface area (Å²) >= 11 is 1.18. The fourth-order valence-corrected chi connectivity index (χ4v) is 4.06. The lowest BCUT2D eigenvalue weighted by atomic mass is 9.97. The lowest BCUT2D eigenvalue weighted by Gasteiger charge is -2.15. The van der Waals surface area contributed by atoms with Crippen LogP contribution in [0.4, 0.5) is 5.69 Å². The topological polar surface area (TPSA) is 98.5 Å². The molecule has 0 unspecified atom stereocenters. The number of hydrogen-bond donors (Lipinski definition) is 1. The van der Waals surface area contributed by atoms with Crippen molar-refractivity contribution in [1.29, 1.82) is 0 Å². The molecule has 0 spiro atoms. The number of carbonyl (C=O) groups is 2. The molecule has 1 atom stereocenters. The number of thiophene rings is 1. The molecule has 1 aromatic heterocycles. The third kappa shape index (κ3) is 4.95. The zero-order chi connectivity index (χ0) is 20.1. The SMILES string of the molecule is C[C@H](OC(=O)c1cc2cc([N+](=O)[O-])ccc2s1)C(=O)NCCC1=CCCCC1. The largest absolute Gasteiger partial charge is 0.448 e. The molecule has 1 N–H and O–H groups in total. The quantitative estimate of drug-likeness (QED) is 0.321. The Morgan fingerprint density at radius 2 is 2.14 bits per heavy atom. The van der Waals surface area contributed by atoms with Crippen LogP contribution in [0.25, 0.3) is 10.1 Å². The van der Waals surface area contributed by atoms with Gasteiger partial charge in [-0.15, -0.1) is 11.3 Å². The molecule has 1 heterocycles.